The first-order valence-electron chi connectivity index (χ1n) is 13.7. The second-order valence-electron chi connectivity index (χ2n) is 10.3. The minimum atomic E-state index is -0.829. The third kappa shape index (κ3) is 10.00. The number of cyclic esters (lactones) is 4. The fraction of sp³-hybridized carbons (Fsp3) is 0.419. The van der Waals surface area contributed by atoms with Crippen LogP contribution >= 0.6 is 0 Å². The van der Waals surface area contributed by atoms with E-state index in [1.165, 1.54) is 0 Å². The van der Waals surface area contributed by atoms with Gasteiger partial charge in [0.25, 0.3) is 0 Å². The van der Waals surface area contributed by atoms with Gasteiger partial charge in [0.2, 0.25) is 0 Å². The van der Waals surface area contributed by atoms with Gasteiger partial charge in [-0.2, -0.15) is 0 Å². The maximum absolute atomic E-state index is 10.9. The fourth-order valence-electron chi connectivity index (χ4n) is 4.09. The molecular weight excluding hydrogens is 564 g/mol. The molecule has 0 bridgehead atoms. The Balaban J connectivity index is 1.16. The number of carbonyl (C=O) groups is 2. The number of aliphatic hydroxyl groups is 2. The van der Waals surface area contributed by atoms with Crippen LogP contribution in [-0.4, -0.2) is 87.6 Å². The number of aliphatic hydroxyl groups excluding tert-OH is 2. The Morgan fingerprint density at radius 2 is 1.09 bits per heavy atom. The number of hydrogen-bond acceptors (Lipinski definition) is 12. The van der Waals surface area contributed by atoms with Crippen molar-refractivity contribution in [1.29, 1.82) is 0 Å². The normalized spacial score (nSPS) is 18.1. The molecule has 43 heavy (non-hydrogen) atoms. The molecule has 0 radical (unpaired) electrons. The Kier molecular flexibility index (Phi) is 11.4. The highest BCUT2D eigenvalue weighted by atomic mass is 16.8. The van der Waals surface area contributed by atoms with Crippen molar-refractivity contribution in [2.45, 2.75) is 31.5 Å². The third-order valence-electron chi connectivity index (χ3n) is 6.61. The molecule has 0 spiro atoms. The van der Waals surface area contributed by atoms with Gasteiger partial charge in [-0.3, -0.25) is 0 Å². The average molecular weight is 601 g/mol. The molecule has 2 unspecified atom stereocenters. The highest BCUT2D eigenvalue weighted by molar-refractivity contribution is 5.64. The first-order chi connectivity index (χ1) is 20.7. The summed E-state index contributed by atoms with van der Waals surface area (Å²) in [7, 11) is 0. The van der Waals surface area contributed by atoms with E-state index in [2.05, 4.69) is 23.3 Å². The monoisotopic (exact) mass is 600 g/mol. The van der Waals surface area contributed by atoms with Crippen molar-refractivity contribution in [2.24, 2.45) is 0 Å². The number of ether oxygens (including phenoxy) is 8. The van der Waals surface area contributed by atoms with Crippen LogP contribution in [0.25, 0.3) is 0 Å². The van der Waals surface area contributed by atoms with E-state index in [9.17, 15) is 19.8 Å². The van der Waals surface area contributed by atoms with E-state index < -0.39 is 24.5 Å². The van der Waals surface area contributed by atoms with Gasteiger partial charge in [0, 0.05) is 5.41 Å². The van der Waals surface area contributed by atoms with Crippen LogP contribution in [0, 0.1) is 0 Å². The molecule has 0 amide bonds. The van der Waals surface area contributed by atoms with Gasteiger partial charge in [-0.25, -0.2) is 9.59 Å². The Bertz CT molecular complexity index is 1170. The maximum atomic E-state index is 10.9. The summed E-state index contributed by atoms with van der Waals surface area (Å²) in [4.78, 5) is 21.7. The molecule has 0 aromatic heterocycles. The van der Waals surface area contributed by atoms with E-state index in [0.29, 0.717) is 23.0 Å². The number of carbonyl (C=O) groups excluding carboxylic acids is 2. The zero-order chi connectivity index (χ0) is 30.7. The molecule has 12 heteroatoms. The summed E-state index contributed by atoms with van der Waals surface area (Å²) in [6, 6.07) is 15.4. The molecule has 2 aliphatic heterocycles. The highest BCUT2D eigenvalue weighted by Crippen LogP contribution is 2.33. The van der Waals surface area contributed by atoms with Gasteiger partial charge >= 0.3 is 12.3 Å². The summed E-state index contributed by atoms with van der Waals surface area (Å²) in [5, 5.41) is 20.3. The first-order valence-corrected chi connectivity index (χ1v) is 13.7. The van der Waals surface area contributed by atoms with Gasteiger partial charge in [-0.05, 0) is 47.5 Å². The van der Waals surface area contributed by atoms with Gasteiger partial charge in [-0.1, -0.05) is 38.1 Å². The fourth-order valence-corrected chi connectivity index (χ4v) is 4.09. The lowest BCUT2D eigenvalue weighted by Crippen LogP contribution is -2.24. The first kappa shape index (κ1) is 31.8. The van der Waals surface area contributed by atoms with Crippen LogP contribution in [0.4, 0.5) is 9.59 Å². The van der Waals surface area contributed by atoms with Gasteiger partial charge in [0.05, 0.1) is 26.4 Å². The third-order valence-corrected chi connectivity index (χ3v) is 6.61. The van der Waals surface area contributed by atoms with Crippen molar-refractivity contribution >= 4 is 12.3 Å². The van der Waals surface area contributed by atoms with Crippen LogP contribution in [0.1, 0.15) is 25.0 Å². The smallest absolute Gasteiger partial charge is 0.491 e. The zero-order valence-corrected chi connectivity index (χ0v) is 24.1. The van der Waals surface area contributed by atoms with Crippen molar-refractivity contribution in [3.05, 3.63) is 83.3 Å². The van der Waals surface area contributed by atoms with Gasteiger partial charge in [0.1, 0.15) is 48.4 Å². The van der Waals surface area contributed by atoms with Gasteiger partial charge in [0.15, 0.2) is 13.2 Å². The summed E-state index contributed by atoms with van der Waals surface area (Å²) in [6.45, 7) is 4.99. The topological polar surface area (TPSA) is 148 Å². The highest BCUT2D eigenvalue weighted by Gasteiger charge is 2.23. The number of rotatable bonds is 16. The van der Waals surface area contributed by atoms with Crippen LogP contribution in [0.2, 0.25) is 0 Å². The summed E-state index contributed by atoms with van der Waals surface area (Å²) < 4.78 is 41.0. The molecule has 2 heterocycles. The van der Waals surface area contributed by atoms with E-state index >= 15 is 0 Å². The molecule has 2 fully saturated rings. The predicted octanol–water partition coefficient (Wildman–Crippen LogP) is 3.63. The molecule has 2 saturated heterocycles. The standard InChI is InChI=1S/C31H36O12/c1-31(2,21-3-7-25(8-4-21)38-17-23(32)15-36-13-11-27-19-40-29(34)42-27)22-5-9-26(10-6-22)39-18-24(33)16-37-14-12-28-20-41-30(35)43-28/h3-12,23-24,32-33H,13-20H2,1-2H3/b27-11-,28-12-. The molecule has 232 valence electrons. The van der Waals surface area contributed by atoms with E-state index in [1.54, 1.807) is 12.2 Å². The summed E-state index contributed by atoms with van der Waals surface area (Å²) >= 11 is 0. The Morgan fingerprint density at radius 1 is 0.698 bits per heavy atom. The van der Waals surface area contributed by atoms with E-state index in [1.807, 2.05) is 48.5 Å². The molecule has 0 saturated carbocycles. The molecular formula is C31H36O12. The molecule has 2 atom stereocenters. The van der Waals surface area contributed by atoms with Crippen LogP contribution < -0.4 is 9.47 Å². The van der Waals surface area contributed by atoms with Gasteiger partial charge < -0.3 is 48.1 Å². The van der Waals surface area contributed by atoms with Gasteiger partial charge in [-0.15, -0.1) is 0 Å². The Morgan fingerprint density at radius 3 is 1.44 bits per heavy atom. The molecule has 2 aromatic rings. The molecule has 0 aliphatic carbocycles. The van der Waals surface area contributed by atoms with Crippen LogP contribution in [0.15, 0.2) is 72.2 Å². The minimum absolute atomic E-state index is 0.0597. The summed E-state index contributed by atoms with van der Waals surface area (Å²) in [6.07, 6.45) is 0.0447. The quantitative estimate of drug-likeness (QED) is 0.214. The van der Waals surface area contributed by atoms with E-state index in [0.717, 1.165) is 11.1 Å². The molecule has 4 rings (SSSR count). The maximum Gasteiger partial charge on any atom is 0.514 e. The summed E-state index contributed by atoms with van der Waals surface area (Å²) in [5.41, 5.74) is 1.84. The Labute approximate surface area is 249 Å². The molecule has 12 nitrogen and oxygen atoms in total. The lowest BCUT2D eigenvalue weighted by Gasteiger charge is -2.26. The zero-order valence-electron chi connectivity index (χ0n) is 24.1. The second-order valence-corrected chi connectivity index (χ2v) is 10.3. The van der Waals surface area contributed by atoms with Crippen molar-refractivity contribution < 1.29 is 57.7 Å². The minimum Gasteiger partial charge on any atom is -0.491 e. The Hall–Kier alpha value is -4.10. The van der Waals surface area contributed by atoms with Crippen molar-refractivity contribution in [3.8, 4) is 11.5 Å². The largest absolute Gasteiger partial charge is 0.514 e. The number of hydrogen-bond donors (Lipinski definition) is 2. The van der Waals surface area contributed by atoms with E-state index in [-0.39, 0.29) is 58.3 Å². The van der Waals surface area contributed by atoms with Crippen molar-refractivity contribution in [3.63, 3.8) is 0 Å². The lowest BCUT2D eigenvalue weighted by atomic mass is 9.78. The van der Waals surface area contributed by atoms with Crippen molar-refractivity contribution in [1.82, 2.24) is 0 Å². The second kappa shape index (κ2) is 15.4. The van der Waals surface area contributed by atoms with Crippen LogP contribution in [-0.2, 0) is 33.8 Å². The SMILES string of the molecule is CC(C)(c1ccc(OCC(O)COC/C=C2/COC(=O)O2)cc1)c1ccc(OCC(O)COC/C=C2/COC(=O)O2)cc1. The molecule has 2 aromatic carbocycles. The molecule has 2 N–H and O–H groups in total. The molecule has 2 aliphatic rings. The van der Waals surface area contributed by atoms with E-state index in [4.69, 9.17) is 28.4 Å². The van der Waals surface area contributed by atoms with Crippen LogP contribution in [0.3, 0.4) is 0 Å². The lowest BCUT2D eigenvalue weighted by molar-refractivity contribution is 0.0208. The van der Waals surface area contributed by atoms with Crippen LogP contribution in [0.5, 0.6) is 11.5 Å². The number of benzene rings is 2. The van der Waals surface area contributed by atoms with Crippen molar-refractivity contribution in [2.75, 3.05) is 52.9 Å². The predicted molar refractivity (Wildman–Crippen MR) is 151 cm³/mol. The average Bonchev–Trinajstić information content (AvgIpc) is 3.62. The summed E-state index contributed by atoms with van der Waals surface area (Å²) in [5.74, 6) is 2.02.